The molecule has 2 rings (SSSR count). The standard InChI is InChI=1S/C13H14Br2O3/c14-10-4-2-1-3-7(10)8-5-11(15)12(16)6-9(8)13(17)18/h1-4,8-9,11-12,16H,5-6H2,(H,17,18)/p-1/t8-,9+,11+,12-/m0/s1. The van der Waals surface area contributed by atoms with Crippen LogP contribution in [0.25, 0.3) is 0 Å². The number of aliphatic hydroxyl groups is 1. The smallest absolute Gasteiger partial charge is 0.0671 e. The largest absolute Gasteiger partial charge is 0.550 e. The fourth-order valence-corrected chi connectivity index (χ4v) is 3.71. The average molecular weight is 377 g/mol. The first-order valence-corrected chi connectivity index (χ1v) is 7.49. The van der Waals surface area contributed by atoms with Crippen molar-refractivity contribution in [3.05, 3.63) is 34.3 Å². The van der Waals surface area contributed by atoms with Gasteiger partial charge in [-0.15, -0.1) is 0 Å². The van der Waals surface area contributed by atoms with Gasteiger partial charge in [0.25, 0.3) is 0 Å². The van der Waals surface area contributed by atoms with Crippen molar-refractivity contribution in [1.82, 2.24) is 0 Å². The van der Waals surface area contributed by atoms with Gasteiger partial charge in [-0.25, -0.2) is 0 Å². The molecule has 0 radical (unpaired) electrons. The minimum Gasteiger partial charge on any atom is -0.550 e. The van der Waals surface area contributed by atoms with Crippen LogP contribution in [0.5, 0.6) is 0 Å². The lowest BCUT2D eigenvalue weighted by molar-refractivity contribution is -0.313. The SMILES string of the molecule is O=C([O-])[C@@H]1C[C@H](O)[C@H](Br)C[C@H]1c1ccccc1Br. The van der Waals surface area contributed by atoms with E-state index in [1.165, 1.54) is 0 Å². The molecule has 1 fully saturated rings. The van der Waals surface area contributed by atoms with Gasteiger partial charge >= 0.3 is 0 Å². The lowest BCUT2D eigenvalue weighted by Gasteiger charge is -2.38. The number of carbonyl (C=O) groups excluding carboxylic acids is 1. The van der Waals surface area contributed by atoms with Crippen molar-refractivity contribution in [3.63, 3.8) is 0 Å². The summed E-state index contributed by atoms with van der Waals surface area (Å²) in [5, 5.41) is 21.0. The van der Waals surface area contributed by atoms with Crippen molar-refractivity contribution in [2.24, 2.45) is 5.92 Å². The number of carboxylic acids is 1. The molecule has 5 heteroatoms. The molecular formula is C13H13Br2O3-. The van der Waals surface area contributed by atoms with E-state index >= 15 is 0 Å². The zero-order valence-corrected chi connectivity index (χ0v) is 12.7. The Kier molecular flexibility index (Phi) is 4.45. The van der Waals surface area contributed by atoms with Gasteiger partial charge in [-0.1, -0.05) is 50.1 Å². The summed E-state index contributed by atoms with van der Waals surface area (Å²) in [4.78, 5) is 11.2. The van der Waals surface area contributed by atoms with Crippen molar-refractivity contribution >= 4 is 37.8 Å². The molecule has 3 nitrogen and oxygen atoms in total. The van der Waals surface area contributed by atoms with E-state index in [0.29, 0.717) is 6.42 Å². The Hall–Kier alpha value is -0.390. The van der Waals surface area contributed by atoms with Crippen LogP contribution in [0, 0.1) is 5.92 Å². The molecule has 0 amide bonds. The van der Waals surface area contributed by atoms with E-state index in [2.05, 4.69) is 31.9 Å². The Morgan fingerprint density at radius 2 is 2.00 bits per heavy atom. The summed E-state index contributed by atoms with van der Waals surface area (Å²) in [5.74, 6) is -1.87. The van der Waals surface area contributed by atoms with Gasteiger partial charge in [0, 0.05) is 21.2 Å². The van der Waals surface area contributed by atoms with E-state index in [-0.39, 0.29) is 17.2 Å². The quantitative estimate of drug-likeness (QED) is 0.801. The summed E-state index contributed by atoms with van der Waals surface area (Å²) in [6.07, 6.45) is 0.179. The topological polar surface area (TPSA) is 60.4 Å². The molecule has 1 aromatic rings. The first kappa shape index (κ1) is 14.0. The summed E-state index contributed by atoms with van der Waals surface area (Å²) in [7, 11) is 0. The normalized spacial score (nSPS) is 32.2. The van der Waals surface area contributed by atoms with Crippen LogP contribution in [0.1, 0.15) is 24.3 Å². The minimum atomic E-state index is -1.09. The maximum absolute atomic E-state index is 11.2. The van der Waals surface area contributed by atoms with Crippen LogP contribution >= 0.6 is 31.9 Å². The van der Waals surface area contributed by atoms with Crippen molar-refractivity contribution in [2.45, 2.75) is 29.7 Å². The van der Waals surface area contributed by atoms with Gasteiger partial charge in [0.15, 0.2) is 0 Å². The number of aliphatic hydroxyl groups excluding tert-OH is 1. The van der Waals surface area contributed by atoms with Gasteiger partial charge in [0.1, 0.15) is 0 Å². The van der Waals surface area contributed by atoms with E-state index in [9.17, 15) is 15.0 Å². The Labute approximate surface area is 122 Å². The number of carbonyl (C=O) groups is 1. The number of carboxylic acid groups (broad SMARTS) is 1. The second kappa shape index (κ2) is 5.72. The van der Waals surface area contributed by atoms with E-state index < -0.39 is 18.0 Å². The summed E-state index contributed by atoms with van der Waals surface area (Å²) < 4.78 is 0.900. The summed E-state index contributed by atoms with van der Waals surface area (Å²) in [6, 6.07) is 7.60. The van der Waals surface area contributed by atoms with Gasteiger partial charge in [0.05, 0.1) is 6.10 Å². The molecule has 0 unspecified atom stereocenters. The van der Waals surface area contributed by atoms with E-state index in [0.717, 1.165) is 10.0 Å². The molecule has 1 N–H and O–H groups in total. The highest BCUT2D eigenvalue weighted by Crippen LogP contribution is 2.42. The molecule has 0 aliphatic heterocycles. The van der Waals surface area contributed by atoms with Gasteiger partial charge in [-0.3, -0.25) is 0 Å². The molecule has 0 bridgehead atoms. The molecule has 0 spiro atoms. The lowest BCUT2D eigenvalue weighted by Crippen LogP contribution is -2.43. The fourth-order valence-electron chi connectivity index (χ4n) is 2.52. The van der Waals surface area contributed by atoms with Crippen LogP contribution in [-0.2, 0) is 4.79 Å². The molecule has 4 atom stereocenters. The fraction of sp³-hybridized carbons (Fsp3) is 0.462. The highest BCUT2D eigenvalue weighted by Gasteiger charge is 2.37. The second-order valence-corrected chi connectivity index (χ2v) is 6.64. The first-order chi connectivity index (χ1) is 8.50. The first-order valence-electron chi connectivity index (χ1n) is 5.78. The Bertz CT molecular complexity index is 450. The van der Waals surface area contributed by atoms with Crippen molar-refractivity contribution in [3.8, 4) is 0 Å². The highest BCUT2D eigenvalue weighted by atomic mass is 79.9. The van der Waals surface area contributed by atoms with Crippen molar-refractivity contribution in [1.29, 1.82) is 0 Å². The molecule has 98 valence electrons. The average Bonchev–Trinajstić information content (AvgIpc) is 2.32. The molecule has 1 aliphatic rings. The van der Waals surface area contributed by atoms with E-state index in [1.54, 1.807) is 0 Å². The highest BCUT2D eigenvalue weighted by molar-refractivity contribution is 9.10. The third-order valence-corrected chi connectivity index (χ3v) is 5.19. The monoisotopic (exact) mass is 375 g/mol. The molecule has 1 saturated carbocycles. The van der Waals surface area contributed by atoms with Crippen LogP contribution in [0.15, 0.2) is 28.7 Å². The van der Waals surface area contributed by atoms with Crippen molar-refractivity contribution < 1.29 is 15.0 Å². The minimum absolute atomic E-state index is 0.0785. The number of benzene rings is 1. The predicted octanol–water partition coefficient (Wildman–Crippen LogP) is 1.82. The Morgan fingerprint density at radius 1 is 1.33 bits per heavy atom. The molecule has 0 heterocycles. The number of rotatable bonds is 2. The lowest BCUT2D eigenvalue weighted by atomic mass is 9.74. The maximum atomic E-state index is 11.2. The van der Waals surface area contributed by atoms with Crippen LogP contribution in [0.2, 0.25) is 0 Å². The molecule has 0 saturated heterocycles. The maximum Gasteiger partial charge on any atom is 0.0671 e. The van der Waals surface area contributed by atoms with Crippen LogP contribution in [-0.4, -0.2) is 22.0 Å². The second-order valence-electron chi connectivity index (χ2n) is 4.61. The van der Waals surface area contributed by atoms with Gasteiger partial charge in [0.2, 0.25) is 0 Å². The summed E-state index contributed by atoms with van der Waals surface area (Å²) in [6.45, 7) is 0. The number of aliphatic carboxylic acids is 1. The number of hydrogen-bond acceptors (Lipinski definition) is 3. The zero-order valence-electron chi connectivity index (χ0n) is 9.55. The number of halogens is 2. The van der Waals surface area contributed by atoms with Crippen molar-refractivity contribution in [2.75, 3.05) is 0 Å². The van der Waals surface area contributed by atoms with E-state index in [4.69, 9.17) is 0 Å². The molecule has 1 aliphatic carbocycles. The Morgan fingerprint density at radius 3 is 2.61 bits per heavy atom. The number of hydrogen-bond donors (Lipinski definition) is 1. The molecule has 18 heavy (non-hydrogen) atoms. The van der Waals surface area contributed by atoms with Gasteiger partial charge in [-0.05, 0) is 30.4 Å². The molecule has 0 aromatic heterocycles. The third-order valence-electron chi connectivity index (χ3n) is 3.49. The molecular weight excluding hydrogens is 364 g/mol. The van der Waals surface area contributed by atoms with Crippen LogP contribution in [0.3, 0.4) is 0 Å². The van der Waals surface area contributed by atoms with E-state index in [1.807, 2.05) is 24.3 Å². The van der Waals surface area contributed by atoms with Gasteiger partial charge < -0.3 is 15.0 Å². The third kappa shape index (κ3) is 2.78. The predicted molar refractivity (Wildman–Crippen MR) is 73.3 cm³/mol. The number of alkyl halides is 1. The molecule has 1 aromatic carbocycles. The summed E-state index contributed by atoms with van der Waals surface area (Å²) >= 11 is 6.87. The van der Waals surface area contributed by atoms with Crippen LogP contribution < -0.4 is 5.11 Å². The summed E-state index contributed by atoms with van der Waals surface area (Å²) in [5.41, 5.74) is 0.961. The Balaban J connectivity index is 2.34. The zero-order chi connectivity index (χ0) is 13.3. The van der Waals surface area contributed by atoms with Crippen LogP contribution in [0.4, 0.5) is 0 Å². The van der Waals surface area contributed by atoms with Gasteiger partial charge in [-0.2, -0.15) is 0 Å².